The van der Waals surface area contributed by atoms with Crippen LogP contribution < -0.4 is 11.5 Å². The van der Waals surface area contributed by atoms with Crippen LogP contribution in [0.2, 0.25) is 0 Å². The molecule has 1 aliphatic rings. The Morgan fingerprint density at radius 3 is 1.71 bits per heavy atom. The summed E-state index contributed by atoms with van der Waals surface area (Å²) >= 11 is 0. The van der Waals surface area contributed by atoms with Crippen LogP contribution in [0.4, 0.5) is 0 Å². The summed E-state index contributed by atoms with van der Waals surface area (Å²) in [7, 11) is 0. The molecule has 0 aromatic heterocycles. The molecule has 0 aliphatic heterocycles. The second-order valence-corrected chi connectivity index (χ2v) is 5.99. The van der Waals surface area contributed by atoms with E-state index >= 15 is 0 Å². The summed E-state index contributed by atoms with van der Waals surface area (Å²) in [6, 6.07) is 0.615. The van der Waals surface area contributed by atoms with E-state index in [2.05, 4.69) is 27.7 Å². The summed E-state index contributed by atoms with van der Waals surface area (Å²) in [5.74, 6) is 2.61. The van der Waals surface area contributed by atoms with E-state index in [0.717, 1.165) is 5.92 Å². The molecule has 102 valence electrons. The largest absolute Gasteiger partial charge is 0.327 e. The van der Waals surface area contributed by atoms with Gasteiger partial charge in [0.1, 0.15) is 0 Å². The third-order valence-corrected chi connectivity index (χ3v) is 5.02. The van der Waals surface area contributed by atoms with Crippen LogP contribution in [-0.4, -0.2) is 12.1 Å². The quantitative estimate of drug-likeness (QED) is 0.775. The molecule has 4 N–H and O–H groups in total. The lowest BCUT2D eigenvalue weighted by Gasteiger charge is -2.49. The molecule has 2 heteroatoms. The molecule has 0 bridgehead atoms. The molecule has 0 saturated heterocycles. The van der Waals surface area contributed by atoms with Crippen molar-refractivity contribution in [1.29, 1.82) is 0 Å². The first-order chi connectivity index (χ1) is 8.08. The van der Waals surface area contributed by atoms with Gasteiger partial charge in [0.25, 0.3) is 0 Å². The predicted octanol–water partition coefficient (Wildman–Crippen LogP) is 3.15. The van der Waals surface area contributed by atoms with Gasteiger partial charge in [-0.2, -0.15) is 0 Å². The van der Waals surface area contributed by atoms with Crippen LogP contribution in [0.5, 0.6) is 0 Å². The monoisotopic (exact) mass is 240 g/mol. The van der Waals surface area contributed by atoms with Gasteiger partial charge in [0.15, 0.2) is 0 Å². The van der Waals surface area contributed by atoms with Crippen molar-refractivity contribution < 1.29 is 0 Å². The lowest BCUT2D eigenvalue weighted by Crippen LogP contribution is -2.58. The first-order valence-electron chi connectivity index (χ1n) is 7.59. The molecule has 1 saturated carbocycles. The van der Waals surface area contributed by atoms with Crippen molar-refractivity contribution in [1.82, 2.24) is 0 Å². The van der Waals surface area contributed by atoms with E-state index in [9.17, 15) is 0 Å². The van der Waals surface area contributed by atoms with Gasteiger partial charge >= 0.3 is 0 Å². The van der Waals surface area contributed by atoms with Gasteiger partial charge < -0.3 is 11.5 Å². The molecule has 0 aromatic rings. The van der Waals surface area contributed by atoms with Crippen molar-refractivity contribution in [2.24, 2.45) is 35.1 Å². The molecule has 0 radical (unpaired) electrons. The maximum Gasteiger partial charge on any atom is 0.0111 e. The average molecular weight is 240 g/mol. The van der Waals surface area contributed by atoms with E-state index in [1.807, 2.05) is 0 Å². The molecule has 1 rings (SSSR count). The molecule has 0 spiro atoms. The summed E-state index contributed by atoms with van der Waals surface area (Å²) in [5.41, 5.74) is 12.9. The molecule has 6 atom stereocenters. The fourth-order valence-corrected chi connectivity index (χ4v) is 4.00. The first-order valence-corrected chi connectivity index (χ1v) is 7.59. The second kappa shape index (κ2) is 6.75. The summed E-state index contributed by atoms with van der Waals surface area (Å²) in [4.78, 5) is 0. The summed E-state index contributed by atoms with van der Waals surface area (Å²) < 4.78 is 0. The summed E-state index contributed by atoms with van der Waals surface area (Å²) in [6.45, 7) is 9.10. The van der Waals surface area contributed by atoms with Crippen molar-refractivity contribution in [2.75, 3.05) is 0 Å². The van der Waals surface area contributed by atoms with E-state index in [0.29, 0.717) is 29.8 Å². The summed E-state index contributed by atoms with van der Waals surface area (Å²) in [6.07, 6.45) is 6.30. The van der Waals surface area contributed by atoms with Crippen LogP contribution in [0.1, 0.15) is 59.8 Å². The minimum absolute atomic E-state index is 0.305. The molecular formula is C15H32N2. The van der Waals surface area contributed by atoms with Gasteiger partial charge in [-0.05, 0) is 30.1 Å². The van der Waals surface area contributed by atoms with E-state index in [1.165, 1.54) is 32.1 Å². The zero-order chi connectivity index (χ0) is 13.0. The molecule has 6 unspecified atom stereocenters. The van der Waals surface area contributed by atoms with Crippen LogP contribution in [0.25, 0.3) is 0 Å². The smallest absolute Gasteiger partial charge is 0.0111 e. The Kier molecular flexibility index (Phi) is 5.94. The molecule has 0 aromatic carbocycles. The van der Waals surface area contributed by atoms with E-state index < -0.39 is 0 Å². The third kappa shape index (κ3) is 3.03. The highest BCUT2D eigenvalue weighted by Gasteiger charge is 2.43. The number of hydrogen-bond acceptors (Lipinski definition) is 2. The molecule has 2 nitrogen and oxygen atoms in total. The standard InChI is InChI=1S/C15H32N2/c1-5-8-12-11(7-3)14(16)10(4)15(17)13(12)9-6-2/h10-15H,5-9,16-17H2,1-4H3. The van der Waals surface area contributed by atoms with E-state index in [4.69, 9.17) is 11.5 Å². The topological polar surface area (TPSA) is 52.0 Å². The number of nitrogens with two attached hydrogens (primary N) is 2. The average Bonchev–Trinajstić information content (AvgIpc) is 2.32. The highest BCUT2D eigenvalue weighted by atomic mass is 14.8. The predicted molar refractivity (Wildman–Crippen MR) is 75.7 cm³/mol. The minimum atomic E-state index is 0.305. The van der Waals surface area contributed by atoms with Crippen molar-refractivity contribution in [3.8, 4) is 0 Å². The Morgan fingerprint density at radius 2 is 1.24 bits per heavy atom. The molecular weight excluding hydrogens is 208 g/mol. The Balaban J connectivity index is 2.89. The van der Waals surface area contributed by atoms with Crippen LogP contribution in [0.3, 0.4) is 0 Å². The molecule has 0 heterocycles. The summed E-state index contributed by atoms with van der Waals surface area (Å²) in [5, 5.41) is 0. The van der Waals surface area contributed by atoms with Crippen LogP contribution in [0.15, 0.2) is 0 Å². The Hall–Kier alpha value is -0.0800. The van der Waals surface area contributed by atoms with Gasteiger partial charge in [-0.25, -0.2) is 0 Å². The van der Waals surface area contributed by atoms with Crippen molar-refractivity contribution in [3.63, 3.8) is 0 Å². The van der Waals surface area contributed by atoms with Crippen LogP contribution >= 0.6 is 0 Å². The molecule has 1 fully saturated rings. The van der Waals surface area contributed by atoms with Gasteiger partial charge in [0.2, 0.25) is 0 Å². The third-order valence-electron chi connectivity index (χ3n) is 5.02. The fourth-order valence-electron chi connectivity index (χ4n) is 4.00. The zero-order valence-corrected chi connectivity index (χ0v) is 12.2. The van der Waals surface area contributed by atoms with E-state index in [-0.39, 0.29) is 0 Å². The molecule has 0 amide bonds. The molecule has 17 heavy (non-hydrogen) atoms. The van der Waals surface area contributed by atoms with Gasteiger partial charge in [-0.3, -0.25) is 0 Å². The SMILES string of the molecule is CCCC1C(N)C(C)C(N)C(CC)C1CCC. The maximum atomic E-state index is 6.46. The van der Waals surface area contributed by atoms with Gasteiger partial charge in [0.05, 0.1) is 0 Å². The Bertz CT molecular complexity index is 217. The maximum absolute atomic E-state index is 6.46. The van der Waals surface area contributed by atoms with Crippen LogP contribution in [-0.2, 0) is 0 Å². The van der Waals surface area contributed by atoms with E-state index in [1.54, 1.807) is 0 Å². The Labute approximate surface area is 108 Å². The van der Waals surface area contributed by atoms with Crippen LogP contribution in [0, 0.1) is 23.7 Å². The minimum Gasteiger partial charge on any atom is -0.327 e. The van der Waals surface area contributed by atoms with Crippen molar-refractivity contribution in [3.05, 3.63) is 0 Å². The Morgan fingerprint density at radius 1 is 0.765 bits per heavy atom. The van der Waals surface area contributed by atoms with Gasteiger partial charge in [-0.15, -0.1) is 0 Å². The highest BCUT2D eigenvalue weighted by Crippen LogP contribution is 2.42. The number of rotatable bonds is 5. The normalized spacial score (nSPS) is 42.7. The molecule has 1 aliphatic carbocycles. The van der Waals surface area contributed by atoms with Gasteiger partial charge in [0, 0.05) is 12.1 Å². The highest BCUT2D eigenvalue weighted by molar-refractivity contribution is 4.98. The zero-order valence-electron chi connectivity index (χ0n) is 12.2. The lowest BCUT2D eigenvalue weighted by molar-refractivity contribution is 0.0498. The number of hydrogen-bond donors (Lipinski definition) is 2. The van der Waals surface area contributed by atoms with Gasteiger partial charge in [-0.1, -0.05) is 53.4 Å². The first kappa shape index (κ1) is 15.0. The van der Waals surface area contributed by atoms with Crippen molar-refractivity contribution in [2.45, 2.75) is 71.9 Å². The fraction of sp³-hybridized carbons (Fsp3) is 1.00. The van der Waals surface area contributed by atoms with Crippen molar-refractivity contribution >= 4 is 0 Å². The lowest BCUT2D eigenvalue weighted by atomic mass is 9.60. The second-order valence-electron chi connectivity index (χ2n) is 5.99.